The second-order valence-corrected chi connectivity index (χ2v) is 7.40. The van der Waals surface area contributed by atoms with Crippen molar-refractivity contribution in [1.82, 2.24) is 19.6 Å². The van der Waals surface area contributed by atoms with Crippen molar-refractivity contribution in [3.05, 3.63) is 80.8 Å². The summed E-state index contributed by atoms with van der Waals surface area (Å²) in [4.78, 5) is 20.5. The van der Waals surface area contributed by atoms with Crippen LogP contribution in [0.25, 0.3) is 17.0 Å². The van der Waals surface area contributed by atoms with E-state index in [1.807, 2.05) is 24.3 Å². The van der Waals surface area contributed by atoms with Crippen molar-refractivity contribution in [1.29, 1.82) is 0 Å². The van der Waals surface area contributed by atoms with Gasteiger partial charge in [-0.3, -0.25) is 9.89 Å². The molecular weight excluding hydrogens is 419 g/mol. The van der Waals surface area contributed by atoms with E-state index in [-0.39, 0.29) is 11.4 Å². The fourth-order valence-corrected chi connectivity index (χ4v) is 3.64. The molecule has 4 rings (SSSR count). The van der Waals surface area contributed by atoms with Crippen molar-refractivity contribution in [2.45, 2.75) is 10.9 Å². The molecule has 0 bridgehead atoms. The van der Waals surface area contributed by atoms with Crippen LogP contribution in [-0.4, -0.2) is 19.6 Å². The van der Waals surface area contributed by atoms with E-state index in [2.05, 4.69) is 31.0 Å². The highest BCUT2D eigenvalue weighted by molar-refractivity contribution is 9.10. The van der Waals surface area contributed by atoms with Gasteiger partial charge >= 0.3 is 0 Å². The van der Waals surface area contributed by atoms with Gasteiger partial charge in [-0.05, 0) is 29.8 Å². The highest BCUT2D eigenvalue weighted by atomic mass is 79.9. The molecule has 0 saturated heterocycles. The fourth-order valence-electron chi connectivity index (χ4n) is 2.47. The second-order valence-electron chi connectivity index (χ2n) is 5.54. The van der Waals surface area contributed by atoms with E-state index in [1.165, 1.54) is 28.4 Å². The predicted molar refractivity (Wildman–Crippen MR) is 103 cm³/mol. The highest BCUT2D eigenvalue weighted by Crippen LogP contribution is 2.26. The number of hydrogen-bond donors (Lipinski definition) is 1. The Bertz CT molecular complexity index is 1140. The first-order chi connectivity index (χ1) is 12.6. The first-order valence-corrected chi connectivity index (χ1v) is 9.50. The molecule has 2 aromatic carbocycles. The molecule has 5 nitrogen and oxygen atoms in total. The van der Waals surface area contributed by atoms with Crippen molar-refractivity contribution in [3.63, 3.8) is 0 Å². The molecule has 0 fully saturated rings. The molecule has 0 saturated carbocycles. The number of nitrogens with one attached hydrogen (secondary N) is 1. The third kappa shape index (κ3) is 3.42. The summed E-state index contributed by atoms with van der Waals surface area (Å²) in [5, 5.41) is 3.22. The van der Waals surface area contributed by atoms with E-state index in [0.717, 1.165) is 10.0 Å². The van der Waals surface area contributed by atoms with Crippen LogP contribution >= 0.6 is 27.7 Å². The largest absolute Gasteiger partial charge is 0.268 e. The van der Waals surface area contributed by atoms with Gasteiger partial charge in [0, 0.05) is 16.3 Å². The molecular formula is C18H12BrFN4OS. The van der Waals surface area contributed by atoms with E-state index >= 15 is 0 Å². The van der Waals surface area contributed by atoms with Gasteiger partial charge in [-0.1, -0.05) is 52.0 Å². The molecule has 130 valence electrons. The van der Waals surface area contributed by atoms with Crippen LogP contribution in [0.5, 0.6) is 0 Å². The van der Waals surface area contributed by atoms with Crippen LogP contribution in [0.1, 0.15) is 5.56 Å². The molecule has 4 aromatic rings. The number of H-pyrrole nitrogens is 1. The summed E-state index contributed by atoms with van der Waals surface area (Å²) in [5.74, 6) is 0.495. The van der Waals surface area contributed by atoms with Crippen LogP contribution in [0.3, 0.4) is 0 Å². The molecule has 8 heteroatoms. The average molecular weight is 431 g/mol. The van der Waals surface area contributed by atoms with E-state index in [1.54, 1.807) is 18.2 Å². The number of hydrogen-bond acceptors (Lipinski definition) is 4. The lowest BCUT2D eigenvalue weighted by atomic mass is 10.2. The smallest absolute Gasteiger partial charge is 0.266 e. The molecule has 1 N–H and O–H groups in total. The molecule has 0 aliphatic heterocycles. The number of fused-ring (bicyclic) bond motifs is 1. The number of halogens is 2. The average Bonchev–Trinajstić information content (AvgIpc) is 3.01. The lowest BCUT2D eigenvalue weighted by Gasteiger charge is -2.08. The Morgan fingerprint density at radius 3 is 2.65 bits per heavy atom. The van der Waals surface area contributed by atoms with E-state index in [9.17, 15) is 9.18 Å². The van der Waals surface area contributed by atoms with Crippen LogP contribution in [0.2, 0.25) is 0 Å². The number of aromatic nitrogens is 4. The quantitative estimate of drug-likeness (QED) is 0.490. The number of benzene rings is 2. The number of rotatable bonds is 4. The van der Waals surface area contributed by atoms with Gasteiger partial charge in [0.05, 0.1) is 5.56 Å². The number of aromatic amines is 1. The first-order valence-electron chi connectivity index (χ1n) is 7.72. The Labute approximate surface area is 160 Å². The molecule has 0 unspecified atom stereocenters. The standard InChI is InChI=1S/C18H12BrFN4OS/c19-12-7-5-11(6-8-12)10-26-18-22-17(13-3-1-2-4-14(13)20)21-15-9-16(25)23-24(15)18/h1-9H,10H2,(H,23,25). The van der Waals surface area contributed by atoms with Crippen molar-refractivity contribution < 1.29 is 4.39 Å². The third-order valence-corrected chi connectivity index (χ3v) is 5.26. The van der Waals surface area contributed by atoms with Gasteiger partial charge in [0.1, 0.15) is 5.82 Å². The predicted octanol–water partition coefficient (Wildman–Crippen LogP) is 4.28. The zero-order chi connectivity index (χ0) is 18.1. The number of thioether (sulfide) groups is 1. The Balaban J connectivity index is 1.76. The van der Waals surface area contributed by atoms with Gasteiger partial charge in [0.15, 0.2) is 16.6 Å². The SMILES string of the molecule is O=c1cc2nc(-c3ccccc3F)nc(SCc3ccc(Br)cc3)n2[nH]1. The van der Waals surface area contributed by atoms with Crippen molar-refractivity contribution in [2.75, 3.05) is 0 Å². The molecule has 26 heavy (non-hydrogen) atoms. The fraction of sp³-hybridized carbons (Fsp3) is 0.0556. The first kappa shape index (κ1) is 17.0. The van der Waals surface area contributed by atoms with Crippen LogP contribution in [0, 0.1) is 5.82 Å². The topological polar surface area (TPSA) is 63.1 Å². The van der Waals surface area contributed by atoms with E-state index in [4.69, 9.17) is 0 Å². The van der Waals surface area contributed by atoms with Gasteiger partial charge in [0.25, 0.3) is 5.56 Å². The second kappa shape index (κ2) is 7.05. The van der Waals surface area contributed by atoms with Crippen LogP contribution < -0.4 is 5.56 Å². The lowest BCUT2D eigenvalue weighted by molar-refractivity contribution is 0.629. The minimum Gasteiger partial charge on any atom is -0.268 e. The van der Waals surface area contributed by atoms with Crippen LogP contribution in [0.4, 0.5) is 4.39 Å². The Morgan fingerprint density at radius 2 is 1.88 bits per heavy atom. The molecule has 0 atom stereocenters. The Hall–Kier alpha value is -2.45. The van der Waals surface area contributed by atoms with Crippen molar-refractivity contribution in [3.8, 4) is 11.4 Å². The summed E-state index contributed by atoms with van der Waals surface area (Å²) >= 11 is 4.85. The molecule has 0 amide bonds. The molecule has 0 aliphatic carbocycles. The zero-order valence-electron chi connectivity index (χ0n) is 13.3. The maximum atomic E-state index is 14.1. The molecule has 2 heterocycles. The summed E-state index contributed by atoms with van der Waals surface area (Å²) in [7, 11) is 0. The minimum absolute atomic E-state index is 0.250. The molecule has 2 aromatic heterocycles. The monoisotopic (exact) mass is 430 g/mol. The van der Waals surface area contributed by atoms with Crippen molar-refractivity contribution in [2.24, 2.45) is 0 Å². The maximum Gasteiger partial charge on any atom is 0.266 e. The highest BCUT2D eigenvalue weighted by Gasteiger charge is 2.14. The number of nitrogens with zero attached hydrogens (tertiary/aromatic N) is 3. The third-order valence-electron chi connectivity index (χ3n) is 3.72. The summed E-state index contributed by atoms with van der Waals surface area (Å²) in [6, 6.07) is 15.6. The minimum atomic E-state index is -0.404. The van der Waals surface area contributed by atoms with Crippen molar-refractivity contribution >= 4 is 33.3 Å². The zero-order valence-corrected chi connectivity index (χ0v) is 15.7. The molecule has 0 radical (unpaired) electrons. The van der Waals surface area contributed by atoms with Gasteiger partial charge in [-0.2, -0.15) is 0 Å². The Morgan fingerprint density at radius 1 is 1.12 bits per heavy atom. The van der Waals surface area contributed by atoms with Gasteiger partial charge in [-0.15, -0.1) is 0 Å². The van der Waals surface area contributed by atoms with E-state index in [0.29, 0.717) is 22.1 Å². The summed E-state index contributed by atoms with van der Waals surface area (Å²) < 4.78 is 16.7. The Kier molecular flexibility index (Phi) is 4.60. The summed E-state index contributed by atoms with van der Waals surface area (Å²) in [6.07, 6.45) is 0. The van der Waals surface area contributed by atoms with Gasteiger partial charge in [0.2, 0.25) is 0 Å². The maximum absolute atomic E-state index is 14.1. The van der Waals surface area contributed by atoms with Crippen LogP contribution in [-0.2, 0) is 5.75 Å². The molecule has 0 aliphatic rings. The molecule has 0 spiro atoms. The van der Waals surface area contributed by atoms with E-state index < -0.39 is 5.82 Å². The van der Waals surface area contributed by atoms with Gasteiger partial charge < -0.3 is 0 Å². The normalized spacial score (nSPS) is 11.2. The van der Waals surface area contributed by atoms with Crippen LogP contribution in [0.15, 0.2) is 69.0 Å². The summed E-state index contributed by atoms with van der Waals surface area (Å²) in [6.45, 7) is 0. The van der Waals surface area contributed by atoms with Gasteiger partial charge in [-0.25, -0.2) is 18.9 Å². The summed E-state index contributed by atoms with van der Waals surface area (Å²) in [5.41, 5.74) is 1.53. The lowest BCUT2D eigenvalue weighted by Crippen LogP contribution is -2.05.